The van der Waals surface area contributed by atoms with E-state index >= 15 is 0 Å². The summed E-state index contributed by atoms with van der Waals surface area (Å²) in [5, 5.41) is 12.2. The van der Waals surface area contributed by atoms with Crippen molar-refractivity contribution >= 4 is 16.8 Å². The fraction of sp³-hybridized carbons (Fsp3) is 0.353. The van der Waals surface area contributed by atoms with Crippen LogP contribution in [0.5, 0.6) is 0 Å². The summed E-state index contributed by atoms with van der Waals surface area (Å²) in [5.41, 5.74) is 3.01. The molecule has 0 saturated carbocycles. The Hall–Kier alpha value is -2.63. The first-order valence-corrected chi connectivity index (χ1v) is 7.76. The van der Waals surface area contributed by atoms with Gasteiger partial charge in [-0.05, 0) is 32.4 Å². The summed E-state index contributed by atoms with van der Waals surface area (Å²) in [6.45, 7) is 6.82. The largest absolute Gasteiger partial charge is 0.349 e. The van der Waals surface area contributed by atoms with Crippen molar-refractivity contribution in [2.24, 2.45) is 0 Å². The van der Waals surface area contributed by atoms with Crippen molar-refractivity contribution in [2.45, 2.75) is 39.9 Å². The average Bonchev–Trinajstić information content (AvgIpc) is 3.12. The second-order valence-electron chi connectivity index (χ2n) is 6.02. The van der Waals surface area contributed by atoms with Gasteiger partial charge in [-0.25, -0.2) is 4.68 Å². The summed E-state index contributed by atoms with van der Waals surface area (Å²) in [6.07, 6.45) is 3.87. The normalized spacial score (nSPS) is 11.3. The van der Waals surface area contributed by atoms with E-state index in [2.05, 4.69) is 28.6 Å². The van der Waals surface area contributed by atoms with Gasteiger partial charge >= 0.3 is 0 Å². The highest BCUT2D eigenvalue weighted by atomic mass is 16.1. The molecule has 120 valence electrons. The van der Waals surface area contributed by atoms with Crippen LogP contribution in [-0.2, 0) is 17.9 Å². The number of nitrogens with one attached hydrogen (secondary N) is 1. The van der Waals surface area contributed by atoms with Crippen LogP contribution in [-0.4, -0.2) is 25.5 Å². The van der Waals surface area contributed by atoms with E-state index in [9.17, 15) is 4.79 Å². The van der Waals surface area contributed by atoms with Crippen LogP contribution in [0.2, 0.25) is 0 Å². The van der Waals surface area contributed by atoms with E-state index in [1.165, 1.54) is 10.9 Å². The van der Waals surface area contributed by atoms with Gasteiger partial charge in [0.25, 0.3) is 0 Å². The number of aryl methyl sites for hydroxylation is 1. The predicted molar refractivity (Wildman–Crippen MR) is 88.9 cm³/mol. The monoisotopic (exact) mass is 311 g/mol. The van der Waals surface area contributed by atoms with Gasteiger partial charge in [0.15, 0.2) is 0 Å². The van der Waals surface area contributed by atoms with Gasteiger partial charge in [-0.2, -0.15) is 0 Å². The molecule has 0 fully saturated rings. The van der Waals surface area contributed by atoms with Crippen molar-refractivity contribution in [1.82, 2.24) is 24.9 Å². The number of amides is 1. The zero-order valence-corrected chi connectivity index (χ0v) is 13.7. The maximum atomic E-state index is 12.2. The van der Waals surface area contributed by atoms with E-state index in [1.807, 2.05) is 49.0 Å². The molecule has 6 heteroatoms. The van der Waals surface area contributed by atoms with Crippen LogP contribution in [0.1, 0.15) is 31.1 Å². The molecule has 0 unspecified atom stereocenters. The van der Waals surface area contributed by atoms with Crippen molar-refractivity contribution in [1.29, 1.82) is 0 Å². The summed E-state index contributed by atoms with van der Waals surface area (Å²) >= 11 is 0. The molecule has 0 bridgehead atoms. The summed E-state index contributed by atoms with van der Waals surface area (Å²) < 4.78 is 3.76. The minimum Gasteiger partial charge on any atom is -0.349 e. The molecule has 1 N–H and O–H groups in total. The molecule has 0 radical (unpaired) electrons. The van der Waals surface area contributed by atoms with Crippen LogP contribution in [0.3, 0.4) is 0 Å². The summed E-state index contributed by atoms with van der Waals surface area (Å²) in [4.78, 5) is 12.2. The van der Waals surface area contributed by atoms with Crippen LogP contribution < -0.4 is 5.32 Å². The topological polar surface area (TPSA) is 64.7 Å². The van der Waals surface area contributed by atoms with Crippen LogP contribution in [0.4, 0.5) is 0 Å². The number of hydrogen-bond donors (Lipinski definition) is 1. The highest BCUT2D eigenvalue weighted by Crippen LogP contribution is 2.20. The third-order valence-corrected chi connectivity index (χ3v) is 3.86. The maximum Gasteiger partial charge on any atom is 0.240 e. The van der Waals surface area contributed by atoms with Gasteiger partial charge in [0.2, 0.25) is 5.91 Å². The molecule has 6 nitrogen and oxygen atoms in total. The highest BCUT2D eigenvalue weighted by molar-refractivity contribution is 5.85. The number of carbonyl (C=O) groups is 1. The first kappa shape index (κ1) is 15.3. The van der Waals surface area contributed by atoms with Crippen molar-refractivity contribution in [3.8, 4) is 0 Å². The molecule has 0 atom stereocenters. The van der Waals surface area contributed by atoms with E-state index in [0.717, 1.165) is 11.2 Å². The van der Waals surface area contributed by atoms with Crippen molar-refractivity contribution < 1.29 is 4.79 Å². The standard InChI is InChI=1S/C17H21N5O/c1-12(2)22-10-14(19-20-22)8-18-17(23)11-21-9-13(3)15-6-4-5-7-16(15)21/h4-7,9-10,12H,8,11H2,1-3H3,(H,18,23). The molecule has 1 amide bonds. The van der Waals surface area contributed by atoms with Gasteiger partial charge in [0.1, 0.15) is 12.2 Å². The van der Waals surface area contributed by atoms with Crippen LogP contribution in [0.25, 0.3) is 10.9 Å². The maximum absolute atomic E-state index is 12.2. The molecular weight excluding hydrogens is 290 g/mol. The predicted octanol–water partition coefficient (Wildman–Crippen LogP) is 2.44. The van der Waals surface area contributed by atoms with Crippen molar-refractivity contribution in [2.75, 3.05) is 0 Å². The Morgan fingerprint density at radius 2 is 2.04 bits per heavy atom. The lowest BCUT2D eigenvalue weighted by molar-refractivity contribution is -0.121. The Morgan fingerprint density at radius 3 is 2.78 bits per heavy atom. The number of benzene rings is 1. The highest BCUT2D eigenvalue weighted by Gasteiger charge is 2.09. The molecule has 0 aliphatic heterocycles. The van der Waals surface area contributed by atoms with Gasteiger partial charge in [-0.15, -0.1) is 5.10 Å². The number of carbonyl (C=O) groups excluding carboxylic acids is 1. The summed E-state index contributed by atoms with van der Waals surface area (Å²) in [6, 6.07) is 8.37. The molecule has 1 aromatic carbocycles. The van der Waals surface area contributed by atoms with Gasteiger partial charge in [0, 0.05) is 23.1 Å². The Bertz CT molecular complexity index is 830. The SMILES string of the molecule is Cc1cn(CC(=O)NCc2cn(C(C)C)nn2)c2ccccc12. The number of nitrogens with zero attached hydrogens (tertiary/aromatic N) is 4. The number of aromatic nitrogens is 4. The molecule has 3 rings (SSSR count). The quantitative estimate of drug-likeness (QED) is 0.787. The zero-order chi connectivity index (χ0) is 16.4. The first-order valence-electron chi connectivity index (χ1n) is 7.76. The van der Waals surface area contributed by atoms with E-state index in [4.69, 9.17) is 0 Å². The third-order valence-electron chi connectivity index (χ3n) is 3.86. The molecule has 3 aromatic rings. The molecule has 23 heavy (non-hydrogen) atoms. The molecule has 0 aliphatic carbocycles. The second-order valence-corrected chi connectivity index (χ2v) is 6.02. The Balaban J connectivity index is 1.64. The fourth-order valence-electron chi connectivity index (χ4n) is 2.61. The van der Waals surface area contributed by atoms with Gasteiger partial charge in [-0.1, -0.05) is 23.4 Å². The third kappa shape index (κ3) is 3.26. The van der Waals surface area contributed by atoms with Gasteiger partial charge in [-0.3, -0.25) is 4.79 Å². The summed E-state index contributed by atoms with van der Waals surface area (Å²) in [5.74, 6) is -0.0372. The average molecular weight is 311 g/mol. The number of fused-ring (bicyclic) bond motifs is 1. The van der Waals surface area contributed by atoms with Gasteiger partial charge in [0.05, 0.1) is 12.7 Å². The van der Waals surface area contributed by atoms with Crippen LogP contribution >= 0.6 is 0 Å². The first-order chi connectivity index (χ1) is 11.0. The number of hydrogen-bond acceptors (Lipinski definition) is 3. The molecule has 2 heterocycles. The zero-order valence-electron chi connectivity index (χ0n) is 13.7. The van der Waals surface area contributed by atoms with Crippen molar-refractivity contribution in [3.63, 3.8) is 0 Å². The number of rotatable bonds is 5. The summed E-state index contributed by atoms with van der Waals surface area (Å²) in [7, 11) is 0. The van der Waals surface area contributed by atoms with E-state index < -0.39 is 0 Å². The molecule has 0 aliphatic rings. The lowest BCUT2D eigenvalue weighted by Crippen LogP contribution is -2.27. The molecular formula is C17H21N5O. The van der Waals surface area contributed by atoms with Crippen molar-refractivity contribution in [3.05, 3.63) is 47.9 Å². The molecule has 0 saturated heterocycles. The van der Waals surface area contributed by atoms with E-state index in [0.29, 0.717) is 13.1 Å². The Kier molecular flexibility index (Phi) is 4.14. The second kappa shape index (κ2) is 6.24. The van der Waals surface area contributed by atoms with Gasteiger partial charge < -0.3 is 9.88 Å². The lowest BCUT2D eigenvalue weighted by atomic mass is 10.2. The smallest absolute Gasteiger partial charge is 0.240 e. The fourth-order valence-corrected chi connectivity index (χ4v) is 2.61. The minimum atomic E-state index is -0.0372. The van der Waals surface area contributed by atoms with Crippen LogP contribution in [0.15, 0.2) is 36.7 Å². The lowest BCUT2D eigenvalue weighted by Gasteiger charge is -2.06. The minimum absolute atomic E-state index is 0.0372. The Morgan fingerprint density at radius 1 is 1.26 bits per heavy atom. The molecule has 0 spiro atoms. The molecule has 2 aromatic heterocycles. The van der Waals surface area contributed by atoms with E-state index in [1.54, 1.807) is 4.68 Å². The number of para-hydroxylation sites is 1. The Labute approximate surface area is 135 Å². The van der Waals surface area contributed by atoms with E-state index in [-0.39, 0.29) is 11.9 Å². The van der Waals surface area contributed by atoms with Crippen LogP contribution in [0, 0.1) is 6.92 Å².